The molecule has 0 heterocycles. The first-order valence-corrected chi connectivity index (χ1v) is 24.5. The SMILES string of the molecule is [C-]#[N+]c1ccc(-c2cc(-c3ccc(C#N)cc3)cc(N(c3cc(F)cc(F)c3)c3ccc4ccc5c(N(c6cc(F)cc(F)c6)c6cc(-c7ccc(C#N)cc7)cc(-c7ccc([N+]#[C-])cc7)c6)ccc6ccc3c4c65)c2)cc1. The van der Waals surface area contributed by atoms with Gasteiger partial charge in [0.15, 0.2) is 11.4 Å². The van der Waals surface area contributed by atoms with E-state index in [2.05, 4.69) is 21.8 Å². The smallest absolute Gasteiger partial charge is 0.187 e. The minimum atomic E-state index is -0.781. The van der Waals surface area contributed by atoms with Crippen molar-refractivity contribution in [3.8, 4) is 56.6 Å². The van der Waals surface area contributed by atoms with Crippen LogP contribution in [0.1, 0.15) is 11.1 Å². The molecule has 0 amide bonds. The van der Waals surface area contributed by atoms with E-state index in [0.29, 0.717) is 45.3 Å². The zero-order valence-electron chi connectivity index (χ0n) is 41.0. The molecule has 366 valence electrons. The second-order valence-corrected chi connectivity index (χ2v) is 18.8. The number of hydrogen-bond acceptors (Lipinski definition) is 4. The first kappa shape index (κ1) is 47.9. The van der Waals surface area contributed by atoms with Crippen LogP contribution >= 0.6 is 0 Å². The molecule has 0 N–H and O–H groups in total. The molecule has 0 bridgehead atoms. The van der Waals surface area contributed by atoms with E-state index in [4.69, 9.17) is 13.1 Å². The van der Waals surface area contributed by atoms with Gasteiger partial charge < -0.3 is 9.80 Å². The summed E-state index contributed by atoms with van der Waals surface area (Å²) < 4.78 is 62.6. The summed E-state index contributed by atoms with van der Waals surface area (Å²) in [7, 11) is 0. The topological polar surface area (TPSA) is 62.8 Å². The van der Waals surface area contributed by atoms with Crippen LogP contribution in [0.4, 0.5) is 63.1 Å². The fourth-order valence-electron chi connectivity index (χ4n) is 10.4. The standard InChI is InChI=1S/C68H36F4N6/c1-75-57-19-11-45(12-20-57)51-27-49(43-7-3-41(39-73)4-8-43)29-59(31-51)77(61-35-53(69)33-54(70)36-61)65-25-17-47-16-24-64-66(26-18-48-15-23-63(65)67(47)68(48)64)78(62-37-55(71)34-56(72)38-62)60-30-50(44-9-5-42(40-74)6-10-44)28-52(32-60)46-13-21-58(76-2)22-14-46/h3-38H. The summed E-state index contributed by atoms with van der Waals surface area (Å²) in [4.78, 5) is 10.8. The van der Waals surface area contributed by atoms with Gasteiger partial charge in [-0.1, -0.05) is 109 Å². The molecule has 12 aromatic carbocycles. The van der Waals surface area contributed by atoms with Gasteiger partial charge in [0, 0.05) is 34.3 Å². The number of halogens is 4. The summed E-state index contributed by atoms with van der Waals surface area (Å²) in [6.07, 6.45) is 0. The third kappa shape index (κ3) is 8.88. The molecule has 12 rings (SSSR count). The summed E-state index contributed by atoms with van der Waals surface area (Å²) in [5.41, 5.74) is 10.8. The van der Waals surface area contributed by atoms with Crippen molar-refractivity contribution >= 4 is 77.8 Å². The highest BCUT2D eigenvalue weighted by atomic mass is 19.1. The van der Waals surface area contributed by atoms with Crippen LogP contribution in [-0.2, 0) is 0 Å². The Morgan fingerprint density at radius 2 is 0.615 bits per heavy atom. The maximum Gasteiger partial charge on any atom is 0.187 e. The van der Waals surface area contributed by atoms with E-state index in [9.17, 15) is 10.5 Å². The van der Waals surface area contributed by atoms with Crippen molar-refractivity contribution in [2.45, 2.75) is 0 Å². The first-order chi connectivity index (χ1) is 38.0. The third-order valence-corrected chi connectivity index (χ3v) is 14.0. The minimum Gasteiger partial charge on any atom is -0.310 e. The lowest BCUT2D eigenvalue weighted by Crippen LogP contribution is -2.12. The molecule has 0 aliphatic heterocycles. The highest BCUT2D eigenvalue weighted by Gasteiger charge is 2.25. The maximum atomic E-state index is 15.7. The fourth-order valence-corrected chi connectivity index (χ4v) is 10.4. The van der Waals surface area contributed by atoms with Gasteiger partial charge in [-0.2, -0.15) is 10.5 Å². The summed E-state index contributed by atoms with van der Waals surface area (Å²) in [5.74, 6) is -3.13. The zero-order chi connectivity index (χ0) is 53.6. The Bertz CT molecular complexity index is 4040. The van der Waals surface area contributed by atoms with Crippen LogP contribution in [0.2, 0.25) is 0 Å². The first-order valence-electron chi connectivity index (χ1n) is 24.5. The van der Waals surface area contributed by atoms with E-state index in [1.165, 1.54) is 24.3 Å². The van der Waals surface area contributed by atoms with Crippen molar-refractivity contribution < 1.29 is 17.6 Å². The van der Waals surface area contributed by atoms with Crippen molar-refractivity contribution in [3.05, 3.63) is 276 Å². The van der Waals surface area contributed by atoms with E-state index >= 15 is 17.6 Å². The molecule has 0 spiro atoms. The molecule has 0 saturated heterocycles. The Labute approximate surface area is 446 Å². The average molecular weight is 1010 g/mol. The second kappa shape index (κ2) is 19.7. The Morgan fingerprint density at radius 1 is 0.321 bits per heavy atom. The van der Waals surface area contributed by atoms with Gasteiger partial charge in [-0.05, 0) is 163 Å². The van der Waals surface area contributed by atoms with Gasteiger partial charge in [-0.3, -0.25) is 0 Å². The molecular formula is C68H36F4N6. The molecule has 0 atom stereocenters. The van der Waals surface area contributed by atoms with Gasteiger partial charge >= 0.3 is 0 Å². The quantitative estimate of drug-likeness (QED) is 0.0778. The summed E-state index contributed by atoms with van der Waals surface area (Å²) in [6.45, 7) is 15.1. The van der Waals surface area contributed by atoms with Crippen LogP contribution in [0.25, 0.3) is 86.5 Å². The van der Waals surface area contributed by atoms with E-state index in [1.54, 1.807) is 48.5 Å². The molecule has 12 aromatic rings. The van der Waals surface area contributed by atoms with Crippen molar-refractivity contribution in [3.63, 3.8) is 0 Å². The number of nitriles is 2. The number of anilines is 6. The molecular weight excluding hydrogens is 977 g/mol. The maximum absolute atomic E-state index is 15.7. The summed E-state index contributed by atoms with van der Waals surface area (Å²) in [5, 5.41) is 24.1. The fraction of sp³-hybridized carbons (Fsp3) is 0. The second-order valence-electron chi connectivity index (χ2n) is 18.8. The van der Waals surface area contributed by atoms with Gasteiger partial charge in [0.25, 0.3) is 0 Å². The van der Waals surface area contributed by atoms with Gasteiger partial charge in [0.05, 0.1) is 59.2 Å². The third-order valence-electron chi connectivity index (χ3n) is 14.0. The summed E-state index contributed by atoms with van der Waals surface area (Å²) in [6, 6.07) is 67.3. The van der Waals surface area contributed by atoms with Crippen LogP contribution in [-0.4, -0.2) is 0 Å². The lowest BCUT2D eigenvalue weighted by atomic mass is 9.91. The number of hydrogen-bond donors (Lipinski definition) is 0. The van der Waals surface area contributed by atoms with Crippen LogP contribution in [0, 0.1) is 59.1 Å². The number of benzene rings is 12. The number of nitrogens with zero attached hydrogens (tertiary/aromatic N) is 6. The molecule has 0 aliphatic carbocycles. The van der Waals surface area contributed by atoms with Crippen molar-refractivity contribution in [1.29, 1.82) is 10.5 Å². The Hall–Kier alpha value is -11.0. The predicted octanol–water partition coefficient (Wildman–Crippen LogP) is 19.6. The Balaban J connectivity index is 1.11. The van der Waals surface area contributed by atoms with Gasteiger partial charge in [-0.15, -0.1) is 0 Å². The van der Waals surface area contributed by atoms with Gasteiger partial charge in [0.1, 0.15) is 23.3 Å². The van der Waals surface area contributed by atoms with Crippen molar-refractivity contribution in [2.24, 2.45) is 0 Å². The summed E-state index contributed by atoms with van der Waals surface area (Å²) >= 11 is 0. The van der Waals surface area contributed by atoms with Crippen LogP contribution in [0.15, 0.2) is 218 Å². The van der Waals surface area contributed by atoms with E-state index in [-0.39, 0.29) is 11.4 Å². The highest BCUT2D eigenvalue weighted by Crippen LogP contribution is 2.50. The molecule has 0 fully saturated rings. The molecule has 0 aliphatic rings. The minimum absolute atomic E-state index is 0.204. The van der Waals surface area contributed by atoms with E-state index < -0.39 is 23.3 Å². The molecule has 10 heteroatoms. The highest BCUT2D eigenvalue weighted by molar-refractivity contribution is 6.28. The number of rotatable bonds is 10. The monoisotopic (exact) mass is 1010 g/mol. The normalized spacial score (nSPS) is 11.0. The Kier molecular flexibility index (Phi) is 12.1. The van der Waals surface area contributed by atoms with Crippen LogP contribution in [0.5, 0.6) is 0 Å². The molecule has 0 radical (unpaired) electrons. The largest absolute Gasteiger partial charge is 0.310 e. The van der Waals surface area contributed by atoms with Crippen LogP contribution < -0.4 is 9.80 Å². The van der Waals surface area contributed by atoms with Crippen molar-refractivity contribution in [1.82, 2.24) is 0 Å². The van der Waals surface area contributed by atoms with Crippen molar-refractivity contribution in [2.75, 3.05) is 9.80 Å². The molecule has 0 saturated carbocycles. The average Bonchev–Trinajstić information content (AvgIpc) is 3.66. The lowest BCUT2D eigenvalue weighted by molar-refractivity contribution is 0.583. The predicted molar refractivity (Wildman–Crippen MR) is 303 cm³/mol. The van der Waals surface area contributed by atoms with Gasteiger partial charge in [-0.25, -0.2) is 27.3 Å². The van der Waals surface area contributed by atoms with E-state index in [1.807, 2.05) is 143 Å². The molecule has 0 aromatic heterocycles. The molecule has 6 nitrogen and oxygen atoms in total. The van der Waals surface area contributed by atoms with Gasteiger partial charge in [0.2, 0.25) is 0 Å². The zero-order valence-corrected chi connectivity index (χ0v) is 41.0. The Morgan fingerprint density at radius 3 is 0.923 bits per heavy atom. The lowest BCUT2D eigenvalue weighted by Gasteiger charge is -2.30. The molecule has 0 unspecified atom stereocenters. The van der Waals surface area contributed by atoms with Crippen LogP contribution in [0.3, 0.4) is 0 Å². The van der Waals surface area contributed by atoms with E-state index in [0.717, 1.165) is 89.0 Å². The molecule has 78 heavy (non-hydrogen) atoms.